The van der Waals surface area contributed by atoms with Crippen LogP contribution in [0.15, 0.2) is 48.7 Å². The van der Waals surface area contributed by atoms with Gasteiger partial charge in [0, 0.05) is 49.3 Å². The largest absolute Gasteiger partial charge is 0.366 e. The first-order valence-corrected chi connectivity index (χ1v) is 11.8. The second kappa shape index (κ2) is 9.12. The Morgan fingerprint density at radius 2 is 1.94 bits per heavy atom. The van der Waals surface area contributed by atoms with Crippen LogP contribution in [0.25, 0.3) is 10.9 Å². The highest BCUT2D eigenvalue weighted by Crippen LogP contribution is 2.28. The zero-order chi connectivity index (χ0) is 22.1. The Hall–Kier alpha value is -2.57. The van der Waals surface area contributed by atoms with Crippen molar-refractivity contribution >= 4 is 34.1 Å². The van der Waals surface area contributed by atoms with Gasteiger partial charge in [-0.05, 0) is 56.1 Å². The van der Waals surface area contributed by atoms with Crippen LogP contribution in [-0.2, 0) is 6.54 Å². The zero-order valence-corrected chi connectivity index (χ0v) is 18.8. The minimum absolute atomic E-state index is 0.0334. The van der Waals surface area contributed by atoms with E-state index in [1.54, 1.807) is 12.1 Å². The summed E-state index contributed by atoms with van der Waals surface area (Å²) in [4.78, 5) is 17.4. The third-order valence-corrected chi connectivity index (χ3v) is 6.92. The highest BCUT2D eigenvalue weighted by molar-refractivity contribution is 6.31. The lowest BCUT2D eigenvalue weighted by molar-refractivity contribution is 0.0748. The molecule has 5 rings (SSSR count). The fraction of sp³-hybridized carbons (Fsp3) is 0.400. The summed E-state index contributed by atoms with van der Waals surface area (Å²) < 4.78 is 16.4. The van der Waals surface area contributed by atoms with Crippen LogP contribution >= 0.6 is 11.6 Å². The van der Waals surface area contributed by atoms with Gasteiger partial charge in [0.05, 0.1) is 16.8 Å². The number of para-hydroxylation sites is 1. The van der Waals surface area contributed by atoms with Gasteiger partial charge in [-0.1, -0.05) is 29.8 Å². The first kappa shape index (κ1) is 21.3. The summed E-state index contributed by atoms with van der Waals surface area (Å²) >= 11 is 6.30. The number of rotatable bonds is 4. The number of carbonyl (C=O) groups excluding carboxylic acids is 1. The van der Waals surface area contributed by atoms with Crippen LogP contribution in [0.1, 0.15) is 23.2 Å². The Labute approximate surface area is 192 Å². The lowest BCUT2D eigenvalue weighted by Crippen LogP contribution is -2.49. The van der Waals surface area contributed by atoms with Gasteiger partial charge >= 0.3 is 0 Å². The van der Waals surface area contributed by atoms with E-state index in [9.17, 15) is 9.18 Å². The van der Waals surface area contributed by atoms with Gasteiger partial charge in [0.2, 0.25) is 0 Å². The van der Waals surface area contributed by atoms with Crippen LogP contribution in [0.5, 0.6) is 0 Å². The number of benzene rings is 2. The number of nitrogens with one attached hydrogen (secondary N) is 1. The Bertz CT molecular complexity index is 1120. The van der Waals surface area contributed by atoms with Crippen LogP contribution < -0.4 is 10.2 Å². The predicted molar refractivity (Wildman–Crippen MR) is 127 cm³/mol. The Morgan fingerprint density at radius 1 is 1.12 bits per heavy atom. The molecular formula is C25H28ClFN4O. The van der Waals surface area contributed by atoms with Crippen molar-refractivity contribution in [2.45, 2.75) is 19.4 Å². The van der Waals surface area contributed by atoms with Gasteiger partial charge in [-0.2, -0.15) is 0 Å². The van der Waals surface area contributed by atoms with Crippen molar-refractivity contribution in [2.75, 3.05) is 44.2 Å². The van der Waals surface area contributed by atoms with Crippen molar-refractivity contribution in [3.05, 3.63) is 65.1 Å². The maximum atomic E-state index is 14.2. The van der Waals surface area contributed by atoms with Crippen LogP contribution in [0.3, 0.4) is 0 Å². The highest BCUT2D eigenvalue weighted by atomic mass is 35.5. The summed E-state index contributed by atoms with van der Waals surface area (Å²) in [6.07, 6.45) is 4.37. The molecule has 5 nitrogen and oxygen atoms in total. The number of aromatic nitrogens is 1. The molecule has 0 spiro atoms. The molecule has 2 saturated heterocycles. The molecule has 2 aliphatic rings. The topological polar surface area (TPSA) is 40.5 Å². The first-order chi connectivity index (χ1) is 15.6. The molecule has 2 fully saturated rings. The lowest BCUT2D eigenvalue weighted by Gasteiger charge is -2.36. The van der Waals surface area contributed by atoms with E-state index in [1.807, 2.05) is 40.3 Å². The zero-order valence-electron chi connectivity index (χ0n) is 18.1. The quantitative estimate of drug-likeness (QED) is 0.635. The number of carbonyl (C=O) groups is 1. The molecular weight excluding hydrogens is 427 g/mol. The summed E-state index contributed by atoms with van der Waals surface area (Å²) in [5.74, 6) is 0.362. The molecule has 1 aromatic heterocycles. The van der Waals surface area contributed by atoms with E-state index < -0.39 is 0 Å². The van der Waals surface area contributed by atoms with Gasteiger partial charge in [-0.15, -0.1) is 0 Å². The fourth-order valence-corrected chi connectivity index (χ4v) is 5.14. The molecule has 1 atom stereocenters. The van der Waals surface area contributed by atoms with Crippen LogP contribution in [0.2, 0.25) is 5.02 Å². The number of halogens is 2. The molecule has 1 amide bonds. The molecule has 0 saturated carbocycles. The molecule has 3 heterocycles. The summed E-state index contributed by atoms with van der Waals surface area (Å²) in [5, 5.41) is 5.09. The van der Waals surface area contributed by atoms with E-state index >= 15 is 0 Å². The van der Waals surface area contributed by atoms with Crippen LogP contribution in [0.4, 0.5) is 10.1 Å². The maximum absolute atomic E-state index is 14.2. The standard InChI is InChI=1S/C25H28ClFN4O/c26-19-7-8-20-21(17-31(24(20)14-19)16-18-4-3-9-28-15-18)25(32)30-12-10-29(11-13-30)23-6-2-1-5-22(23)27/h1-2,5-8,14,17-18,28H,3-4,9-13,15-16H2/t18-/m0/s1. The minimum Gasteiger partial charge on any atom is -0.366 e. The van der Waals surface area contributed by atoms with E-state index in [0.29, 0.717) is 42.8 Å². The number of anilines is 1. The second-order valence-electron chi connectivity index (χ2n) is 8.80. The van der Waals surface area contributed by atoms with Gasteiger partial charge in [0.25, 0.3) is 5.91 Å². The summed E-state index contributed by atoms with van der Waals surface area (Å²) in [6, 6.07) is 12.6. The number of piperidine rings is 1. The SMILES string of the molecule is O=C(c1cn(C[C@H]2CCCNC2)c2cc(Cl)ccc12)N1CCN(c2ccccc2F)CC1. The maximum Gasteiger partial charge on any atom is 0.256 e. The van der Waals surface area contributed by atoms with Crippen molar-refractivity contribution in [1.29, 1.82) is 0 Å². The molecule has 32 heavy (non-hydrogen) atoms. The summed E-state index contributed by atoms with van der Waals surface area (Å²) in [7, 11) is 0. The van der Waals surface area contributed by atoms with Gasteiger partial charge in [0.15, 0.2) is 0 Å². The van der Waals surface area contributed by atoms with E-state index in [-0.39, 0.29) is 11.7 Å². The molecule has 0 aliphatic carbocycles. The minimum atomic E-state index is -0.218. The van der Waals surface area contributed by atoms with Crippen molar-refractivity contribution < 1.29 is 9.18 Å². The number of hydrogen-bond acceptors (Lipinski definition) is 3. The lowest BCUT2D eigenvalue weighted by atomic mass is 10.00. The number of nitrogens with zero attached hydrogens (tertiary/aromatic N) is 3. The van der Waals surface area contributed by atoms with E-state index in [2.05, 4.69) is 9.88 Å². The molecule has 0 radical (unpaired) electrons. The van der Waals surface area contributed by atoms with Gasteiger partial charge in [0.1, 0.15) is 5.82 Å². The highest BCUT2D eigenvalue weighted by Gasteiger charge is 2.26. The van der Waals surface area contributed by atoms with Gasteiger partial charge in [-0.25, -0.2) is 4.39 Å². The Morgan fingerprint density at radius 3 is 2.69 bits per heavy atom. The molecule has 168 valence electrons. The fourth-order valence-electron chi connectivity index (χ4n) is 4.97. The molecule has 2 aliphatic heterocycles. The second-order valence-corrected chi connectivity index (χ2v) is 9.24. The van der Waals surface area contributed by atoms with Crippen LogP contribution in [0, 0.1) is 11.7 Å². The monoisotopic (exact) mass is 454 g/mol. The van der Waals surface area contributed by atoms with Crippen molar-refractivity contribution in [2.24, 2.45) is 5.92 Å². The Kier molecular flexibility index (Phi) is 6.07. The van der Waals surface area contributed by atoms with Crippen molar-refractivity contribution in [1.82, 2.24) is 14.8 Å². The number of piperazine rings is 1. The van der Waals surface area contributed by atoms with Gasteiger partial charge in [-0.3, -0.25) is 4.79 Å². The number of amides is 1. The normalized spacial score (nSPS) is 19.5. The molecule has 2 aromatic carbocycles. The Balaban J connectivity index is 1.36. The van der Waals surface area contributed by atoms with E-state index in [4.69, 9.17) is 11.6 Å². The van der Waals surface area contributed by atoms with Crippen molar-refractivity contribution in [3.63, 3.8) is 0 Å². The summed E-state index contributed by atoms with van der Waals surface area (Å²) in [6.45, 7) is 5.33. The number of fused-ring (bicyclic) bond motifs is 1. The van der Waals surface area contributed by atoms with Gasteiger partial charge < -0.3 is 19.7 Å². The van der Waals surface area contributed by atoms with Crippen molar-refractivity contribution in [3.8, 4) is 0 Å². The average Bonchev–Trinajstić information content (AvgIpc) is 3.17. The number of hydrogen-bond donors (Lipinski definition) is 1. The van der Waals surface area contributed by atoms with E-state index in [1.165, 1.54) is 18.9 Å². The van der Waals surface area contributed by atoms with E-state index in [0.717, 1.165) is 36.1 Å². The average molecular weight is 455 g/mol. The molecule has 7 heteroatoms. The molecule has 3 aromatic rings. The third kappa shape index (κ3) is 4.21. The molecule has 0 unspecified atom stereocenters. The summed E-state index contributed by atoms with van der Waals surface area (Å²) in [5.41, 5.74) is 2.34. The third-order valence-electron chi connectivity index (χ3n) is 6.69. The smallest absolute Gasteiger partial charge is 0.256 e. The van der Waals surface area contributed by atoms with Crippen LogP contribution in [-0.4, -0.2) is 54.6 Å². The predicted octanol–water partition coefficient (Wildman–Crippen LogP) is 4.40. The molecule has 1 N–H and O–H groups in total. The first-order valence-electron chi connectivity index (χ1n) is 11.4. The molecule has 0 bridgehead atoms.